The first-order valence-electron chi connectivity index (χ1n) is 7.24. The molecule has 0 bridgehead atoms. The van der Waals surface area contributed by atoms with Crippen LogP contribution in [0, 0.1) is 13.8 Å². The highest BCUT2D eigenvalue weighted by Crippen LogP contribution is 2.35. The fourth-order valence-corrected chi connectivity index (χ4v) is 2.79. The third-order valence-corrected chi connectivity index (χ3v) is 4.11. The molecule has 0 aliphatic heterocycles. The van der Waals surface area contributed by atoms with Crippen molar-refractivity contribution in [2.24, 2.45) is 0 Å². The van der Waals surface area contributed by atoms with Gasteiger partial charge in [-0.1, -0.05) is 47.5 Å². The molecule has 2 aromatic carbocycles. The first kappa shape index (κ1) is 15.9. The van der Waals surface area contributed by atoms with E-state index in [0.29, 0.717) is 6.61 Å². The topological polar surface area (TPSA) is 21.3 Å². The number of rotatable bonds is 5. The summed E-state index contributed by atoms with van der Waals surface area (Å²) in [7, 11) is 1.95. The molecule has 1 unspecified atom stereocenters. The monoisotopic (exact) mass is 303 g/mol. The Hall–Kier alpha value is -1.51. The van der Waals surface area contributed by atoms with Gasteiger partial charge in [0.1, 0.15) is 5.75 Å². The van der Waals surface area contributed by atoms with Gasteiger partial charge in [0.2, 0.25) is 0 Å². The van der Waals surface area contributed by atoms with Gasteiger partial charge in [0.05, 0.1) is 12.6 Å². The van der Waals surface area contributed by atoms with Gasteiger partial charge in [-0.15, -0.1) is 0 Å². The number of aryl methyl sites for hydroxylation is 2. The number of halogens is 1. The van der Waals surface area contributed by atoms with Gasteiger partial charge >= 0.3 is 0 Å². The number of benzene rings is 2. The van der Waals surface area contributed by atoms with Crippen LogP contribution in [-0.4, -0.2) is 13.7 Å². The van der Waals surface area contributed by atoms with Crippen molar-refractivity contribution in [1.29, 1.82) is 0 Å². The van der Waals surface area contributed by atoms with E-state index < -0.39 is 0 Å². The van der Waals surface area contributed by atoms with Crippen LogP contribution < -0.4 is 10.1 Å². The largest absolute Gasteiger partial charge is 0.494 e. The van der Waals surface area contributed by atoms with Gasteiger partial charge in [-0.25, -0.2) is 0 Å². The van der Waals surface area contributed by atoms with Crippen LogP contribution in [0.25, 0.3) is 0 Å². The first-order chi connectivity index (χ1) is 10.1. The maximum absolute atomic E-state index is 6.51. The summed E-state index contributed by atoms with van der Waals surface area (Å²) in [6.07, 6.45) is 0. The van der Waals surface area contributed by atoms with Crippen LogP contribution in [0.15, 0.2) is 36.4 Å². The van der Waals surface area contributed by atoms with Gasteiger partial charge < -0.3 is 10.1 Å². The molecule has 0 amide bonds. The van der Waals surface area contributed by atoms with Crippen LogP contribution in [0.2, 0.25) is 5.02 Å². The van der Waals surface area contributed by atoms with Gasteiger partial charge in [0.25, 0.3) is 0 Å². The maximum atomic E-state index is 6.51. The molecule has 0 heterocycles. The highest BCUT2D eigenvalue weighted by molar-refractivity contribution is 6.32. The average molecular weight is 304 g/mol. The van der Waals surface area contributed by atoms with Crippen LogP contribution in [0.3, 0.4) is 0 Å². The second-order valence-electron chi connectivity index (χ2n) is 5.17. The van der Waals surface area contributed by atoms with Gasteiger partial charge in [0.15, 0.2) is 0 Å². The zero-order chi connectivity index (χ0) is 15.4. The summed E-state index contributed by atoms with van der Waals surface area (Å²) in [5.41, 5.74) is 4.48. The Balaban J connectivity index is 2.55. The molecule has 0 saturated heterocycles. The Kier molecular flexibility index (Phi) is 5.27. The lowest BCUT2D eigenvalue weighted by molar-refractivity contribution is 0.334. The molecule has 0 saturated carbocycles. The fourth-order valence-electron chi connectivity index (χ4n) is 2.55. The van der Waals surface area contributed by atoms with Crippen molar-refractivity contribution in [3.05, 3.63) is 63.7 Å². The summed E-state index contributed by atoms with van der Waals surface area (Å²) >= 11 is 6.51. The third kappa shape index (κ3) is 3.39. The van der Waals surface area contributed by atoms with Gasteiger partial charge in [0, 0.05) is 10.6 Å². The molecule has 1 atom stereocenters. The lowest BCUT2D eigenvalue weighted by atomic mass is 9.95. The molecule has 0 radical (unpaired) electrons. The molecule has 0 spiro atoms. The molecular formula is C18H22ClNO. The predicted octanol–water partition coefficient (Wildman–Crippen LogP) is 4.66. The second kappa shape index (κ2) is 6.97. The minimum Gasteiger partial charge on any atom is -0.494 e. The quantitative estimate of drug-likeness (QED) is 0.867. The van der Waals surface area contributed by atoms with E-state index in [4.69, 9.17) is 16.3 Å². The van der Waals surface area contributed by atoms with Gasteiger partial charge in [-0.2, -0.15) is 0 Å². The molecule has 2 rings (SSSR count). The number of ether oxygens (including phenoxy) is 1. The molecule has 1 N–H and O–H groups in total. The molecule has 0 aromatic heterocycles. The first-order valence-corrected chi connectivity index (χ1v) is 7.61. The smallest absolute Gasteiger partial charge is 0.124 e. The normalized spacial score (nSPS) is 12.2. The zero-order valence-electron chi connectivity index (χ0n) is 13.0. The minimum atomic E-state index is 0.0128. The van der Waals surface area contributed by atoms with Crippen molar-refractivity contribution in [2.45, 2.75) is 26.8 Å². The van der Waals surface area contributed by atoms with Crippen LogP contribution in [0.1, 0.15) is 35.2 Å². The summed E-state index contributed by atoms with van der Waals surface area (Å²) in [6.45, 7) is 6.76. The fraction of sp³-hybridized carbons (Fsp3) is 0.333. The van der Waals surface area contributed by atoms with E-state index in [2.05, 4.69) is 30.4 Å². The van der Waals surface area contributed by atoms with Crippen molar-refractivity contribution in [1.82, 2.24) is 5.32 Å². The number of hydrogen-bond acceptors (Lipinski definition) is 2. The molecule has 0 aliphatic carbocycles. The van der Waals surface area contributed by atoms with Crippen molar-refractivity contribution in [3.63, 3.8) is 0 Å². The van der Waals surface area contributed by atoms with E-state index in [0.717, 1.165) is 27.5 Å². The molecule has 112 valence electrons. The SMILES string of the molecule is CCOc1ccc(C)cc1C(NC)c1cccc(C)c1Cl. The van der Waals surface area contributed by atoms with E-state index in [1.807, 2.05) is 39.1 Å². The van der Waals surface area contributed by atoms with Crippen molar-refractivity contribution >= 4 is 11.6 Å². The van der Waals surface area contributed by atoms with Crippen LogP contribution in [-0.2, 0) is 0 Å². The highest BCUT2D eigenvalue weighted by atomic mass is 35.5. The second-order valence-corrected chi connectivity index (χ2v) is 5.55. The van der Waals surface area contributed by atoms with E-state index in [1.165, 1.54) is 5.56 Å². The lowest BCUT2D eigenvalue weighted by Crippen LogP contribution is -2.19. The molecule has 2 nitrogen and oxygen atoms in total. The van der Waals surface area contributed by atoms with E-state index in [9.17, 15) is 0 Å². The van der Waals surface area contributed by atoms with Gasteiger partial charge in [-0.05, 0) is 45.0 Å². The summed E-state index contributed by atoms with van der Waals surface area (Å²) in [5.74, 6) is 0.903. The van der Waals surface area contributed by atoms with Crippen molar-refractivity contribution in [3.8, 4) is 5.75 Å². The molecule has 0 aliphatic rings. The van der Waals surface area contributed by atoms with Crippen LogP contribution in [0.5, 0.6) is 5.75 Å². The minimum absolute atomic E-state index is 0.0128. The average Bonchev–Trinajstić information content (AvgIpc) is 2.47. The highest BCUT2D eigenvalue weighted by Gasteiger charge is 2.20. The molecule has 2 aromatic rings. The van der Waals surface area contributed by atoms with Crippen LogP contribution in [0.4, 0.5) is 0 Å². The summed E-state index contributed by atoms with van der Waals surface area (Å²) in [4.78, 5) is 0. The van der Waals surface area contributed by atoms with Crippen molar-refractivity contribution < 1.29 is 4.74 Å². The Labute approximate surface area is 132 Å². The Morgan fingerprint density at radius 3 is 2.57 bits per heavy atom. The lowest BCUT2D eigenvalue weighted by Gasteiger charge is -2.22. The Morgan fingerprint density at radius 2 is 1.90 bits per heavy atom. The van der Waals surface area contributed by atoms with Crippen LogP contribution >= 0.6 is 11.6 Å². The molecule has 0 fully saturated rings. The van der Waals surface area contributed by atoms with Gasteiger partial charge in [-0.3, -0.25) is 0 Å². The zero-order valence-corrected chi connectivity index (χ0v) is 13.8. The molecule has 3 heteroatoms. The summed E-state index contributed by atoms with van der Waals surface area (Å²) in [6, 6.07) is 12.4. The Bertz CT molecular complexity index is 625. The third-order valence-electron chi connectivity index (χ3n) is 3.60. The summed E-state index contributed by atoms with van der Waals surface area (Å²) in [5, 5.41) is 4.17. The standard InChI is InChI=1S/C18H22ClNO/c1-5-21-16-10-9-12(2)11-15(16)18(20-4)14-8-6-7-13(3)17(14)19/h6-11,18,20H,5H2,1-4H3. The van der Waals surface area contributed by atoms with E-state index in [1.54, 1.807) is 0 Å². The van der Waals surface area contributed by atoms with E-state index >= 15 is 0 Å². The number of nitrogens with one attached hydrogen (secondary N) is 1. The molecular weight excluding hydrogens is 282 g/mol. The number of hydrogen-bond donors (Lipinski definition) is 1. The van der Waals surface area contributed by atoms with E-state index in [-0.39, 0.29) is 6.04 Å². The maximum Gasteiger partial charge on any atom is 0.124 e. The molecule has 21 heavy (non-hydrogen) atoms. The predicted molar refractivity (Wildman–Crippen MR) is 89.4 cm³/mol. The summed E-state index contributed by atoms with van der Waals surface area (Å²) < 4.78 is 5.78. The van der Waals surface area contributed by atoms with Crippen molar-refractivity contribution in [2.75, 3.05) is 13.7 Å². The Morgan fingerprint density at radius 1 is 1.14 bits per heavy atom.